The van der Waals surface area contributed by atoms with Crippen molar-refractivity contribution in [1.82, 2.24) is 14.7 Å². The zero-order valence-corrected chi connectivity index (χ0v) is 101. The van der Waals surface area contributed by atoms with E-state index in [-0.39, 0.29) is 107 Å². The Hall–Kier alpha value is -2.79. The van der Waals surface area contributed by atoms with E-state index in [2.05, 4.69) is 56.2 Å². The van der Waals surface area contributed by atoms with E-state index in [0.717, 1.165) is 116 Å². The molecule has 27 heteroatoms. The van der Waals surface area contributed by atoms with Crippen molar-refractivity contribution in [3.8, 4) is 0 Å². The number of unbranched alkanes of at least 4 members (excludes halogenated alkanes) is 66. The molecule has 0 rings (SSSR count). The normalized spacial score (nSPS) is 11.6. The summed E-state index contributed by atoms with van der Waals surface area (Å²) < 4.78 is 51.6. The fourth-order valence-corrected chi connectivity index (χ4v) is 23.8. The Morgan fingerprint density at radius 1 is 0.156 bits per heavy atom. The van der Waals surface area contributed by atoms with Gasteiger partial charge in [0, 0.05) is 93.4 Å². The van der Waals surface area contributed by atoms with Crippen LogP contribution in [0.15, 0.2) is 0 Å². The van der Waals surface area contributed by atoms with Gasteiger partial charge in [0.05, 0.1) is 97.4 Å². The predicted molar refractivity (Wildman–Crippen MR) is 630 cm³/mol. The molecule has 0 atom stereocenters. The molecule has 0 N–H and O–H groups in total. The van der Waals surface area contributed by atoms with Crippen LogP contribution in [0.4, 0.5) is 0 Å². The van der Waals surface area contributed by atoms with Gasteiger partial charge in [0.15, 0.2) is 6.10 Å². The second-order valence-corrected chi connectivity index (χ2v) is 49.4. The summed E-state index contributed by atoms with van der Waals surface area (Å²) in [6.07, 6.45) is 89.1. The number of carbonyl (C=O) groups is 9. The number of nitrogens with zero attached hydrogens (tertiary/aromatic N) is 3. The van der Waals surface area contributed by atoms with E-state index in [1.165, 1.54) is 379 Å². The summed E-state index contributed by atoms with van der Waals surface area (Å²) in [7, 11) is 9.33. The summed E-state index contributed by atoms with van der Waals surface area (Å²) in [6, 6.07) is 0. The molecule has 0 spiro atoms. The molecule has 0 aliphatic heterocycles. The van der Waals surface area contributed by atoms with Gasteiger partial charge in [-0.2, -0.15) is 0 Å². The van der Waals surface area contributed by atoms with Crippen LogP contribution < -0.4 is 0 Å². The third-order valence-corrected chi connectivity index (χ3v) is 34.6. The van der Waals surface area contributed by atoms with Crippen molar-refractivity contribution in [1.29, 1.82) is 0 Å². The van der Waals surface area contributed by atoms with Crippen molar-refractivity contribution in [2.45, 2.75) is 568 Å². The van der Waals surface area contributed by atoms with Gasteiger partial charge in [0.2, 0.25) is 0 Å². The van der Waals surface area contributed by atoms with Gasteiger partial charge < -0.3 is 57.3 Å². The SMILES string of the molecule is CCCCCCCCCCCCCCOC(=O)CCN(CCSSCCC(=O)OCC(COC(=O)CCSSCCN(CCC(=O)OCCCCCCCCCCCCCC)CCC(=O)OCCCCCCCCCCCCCC)OC(=O)CCSSCCN(CCC(=O)OCCCCCCCCCCCCCC)CCC(=O)OCCCCCCCCCCCCCC)CCC(=O)OCCCCCCCCCCCCCC. The van der Waals surface area contributed by atoms with Crippen molar-refractivity contribution < 1.29 is 85.8 Å². The van der Waals surface area contributed by atoms with Crippen LogP contribution in [0.2, 0.25) is 0 Å². The Bertz CT molecular complexity index is 2620. The molecule has 0 aromatic heterocycles. The molecule has 0 bridgehead atoms. The van der Waals surface area contributed by atoms with Crippen molar-refractivity contribution >= 4 is 118 Å². The molecule has 0 unspecified atom stereocenters. The van der Waals surface area contributed by atoms with Crippen molar-refractivity contribution in [3.63, 3.8) is 0 Å². The molecule has 0 radical (unpaired) electrons. The molecule has 147 heavy (non-hydrogen) atoms. The highest BCUT2D eigenvalue weighted by atomic mass is 33.1. The molecular weight excluding hydrogens is 1960 g/mol. The van der Waals surface area contributed by atoms with Crippen LogP contribution in [0.3, 0.4) is 0 Å². The summed E-state index contributed by atoms with van der Waals surface area (Å²) >= 11 is 0. The number of hydrogen-bond acceptors (Lipinski definition) is 27. The molecule has 0 amide bonds. The van der Waals surface area contributed by atoms with Crippen LogP contribution in [0, 0.1) is 0 Å². The maximum atomic E-state index is 13.7. The Morgan fingerprint density at radius 3 is 0.456 bits per heavy atom. The van der Waals surface area contributed by atoms with Gasteiger partial charge >= 0.3 is 53.7 Å². The van der Waals surface area contributed by atoms with E-state index in [1.54, 1.807) is 32.4 Å². The molecule has 0 aliphatic carbocycles. The third-order valence-electron chi connectivity index (χ3n) is 27.4. The van der Waals surface area contributed by atoms with Crippen LogP contribution in [0.25, 0.3) is 0 Å². The van der Waals surface area contributed by atoms with E-state index < -0.39 is 24.0 Å². The van der Waals surface area contributed by atoms with Crippen LogP contribution in [-0.2, 0) is 85.8 Å². The Kier molecular flexibility index (Phi) is 118. The first-order valence-corrected chi connectivity index (χ1v) is 69.0. The molecule has 0 aromatic carbocycles. The average Bonchev–Trinajstić information content (AvgIpc) is 0.930. The fraction of sp³-hybridized carbons (Fsp3) is 0.925. The van der Waals surface area contributed by atoms with Crippen LogP contribution >= 0.6 is 64.8 Å². The monoisotopic (exact) mass is 2190 g/mol. The van der Waals surface area contributed by atoms with Gasteiger partial charge in [-0.05, 0) is 38.5 Å². The number of carbonyl (C=O) groups excluding carboxylic acids is 9. The van der Waals surface area contributed by atoms with E-state index in [4.69, 9.17) is 42.6 Å². The molecule has 866 valence electrons. The zero-order chi connectivity index (χ0) is 107. The van der Waals surface area contributed by atoms with E-state index in [1.807, 2.05) is 0 Å². The lowest BCUT2D eigenvalue weighted by molar-refractivity contribution is -0.166. The van der Waals surface area contributed by atoms with Crippen LogP contribution in [0.1, 0.15) is 562 Å². The molecule has 21 nitrogen and oxygen atoms in total. The van der Waals surface area contributed by atoms with E-state index in [9.17, 15) is 43.2 Å². The second kappa shape index (κ2) is 120. The largest absolute Gasteiger partial charge is 0.466 e. The maximum Gasteiger partial charge on any atom is 0.307 e. The highest BCUT2D eigenvalue weighted by Gasteiger charge is 2.23. The van der Waals surface area contributed by atoms with Crippen LogP contribution in [0.5, 0.6) is 0 Å². The lowest BCUT2D eigenvalue weighted by Gasteiger charge is -2.21. The van der Waals surface area contributed by atoms with Crippen molar-refractivity contribution in [2.75, 3.05) is 146 Å². The fourth-order valence-electron chi connectivity index (χ4n) is 17.8. The Balaban J connectivity index is 6.16. The average molecular weight is 2190 g/mol. The first kappa shape index (κ1) is 144. The van der Waals surface area contributed by atoms with Gasteiger partial charge in [0.25, 0.3) is 0 Å². The standard InChI is InChI=1S/C120H227N3O18S6/c1-7-13-19-25-31-37-43-49-55-61-67-73-97-133-112(124)79-88-121(89-80-113(125)134-98-74-68-62-56-50-44-38-32-26-20-14-8-2)94-106-145-142-103-85-118(130)139-109-111(141-120(132)87-105-144-147-108-96-123(92-83-116(128)137-101-77-71-65-59-53-47-41-35-29-23-17-11-5)93-84-117(129)138-102-78-72-66-60-54-48-42-36-30-24-18-12-6)110-140-119(131)86-104-143-146-107-95-122(90-81-114(126)135-99-75-69-63-57-51-45-39-33-27-21-15-9-3)91-82-115(127)136-100-76-70-64-58-52-46-40-34-28-22-16-10-4/h111H,7-110H2,1-6H3. The number of rotatable bonds is 122. The first-order valence-electron chi connectivity index (χ1n) is 61.5. The van der Waals surface area contributed by atoms with Gasteiger partial charge in [0.1, 0.15) is 13.2 Å². The van der Waals surface area contributed by atoms with Gasteiger partial charge in [-0.15, -0.1) is 0 Å². The first-order chi connectivity index (χ1) is 72.2. The zero-order valence-electron chi connectivity index (χ0n) is 95.8. The van der Waals surface area contributed by atoms with Crippen molar-refractivity contribution in [2.24, 2.45) is 0 Å². The summed E-state index contributed by atoms with van der Waals surface area (Å²) in [4.78, 5) is 126. The number of hydrogen-bond donors (Lipinski definition) is 0. The lowest BCUT2D eigenvalue weighted by Crippen LogP contribution is -2.31. The summed E-state index contributed by atoms with van der Waals surface area (Å²) in [5.74, 6) is 0.300. The highest BCUT2D eigenvalue weighted by Crippen LogP contribution is 2.28. The Labute approximate surface area is 926 Å². The molecule has 0 aliphatic rings. The molecular formula is C120H227N3O18S6. The number of ether oxygens (including phenoxy) is 9. The lowest BCUT2D eigenvalue weighted by atomic mass is 10.1. The highest BCUT2D eigenvalue weighted by molar-refractivity contribution is 8.77. The molecule has 0 saturated carbocycles. The second-order valence-electron chi connectivity index (χ2n) is 41.3. The molecule has 0 fully saturated rings. The topological polar surface area (TPSA) is 246 Å². The smallest absolute Gasteiger partial charge is 0.307 e. The number of esters is 9. The summed E-state index contributed by atoms with van der Waals surface area (Å²) in [5.41, 5.74) is 0. The minimum absolute atomic E-state index is 0.0345. The maximum absolute atomic E-state index is 13.7. The third kappa shape index (κ3) is 114. The van der Waals surface area contributed by atoms with E-state index in [0.29, 0.717) is 133 Å². The predicted octanol–water partition coefficient (Wildman–Crippen LogP) is 34.0. The van der Waals surface area contributed by atoms with E-state index >= 15 is 0 Å². The summed E-state index contributed by atoms with van der Waals surface area (Å²) in [6.45, 7) is 19.9. The van der Waals surface area contributed by atoms with Gasteiger partial charge in [-0.1, -0.05) is 530 Å². The van der Waals surface area contributed by atoms with Crippen LogP contribution in [-0.4, -0.2) is 221 Å². The van der Waals surface area contributed by atoms with Gasteiger partial charge in [-0.3, -0.25) is 43.2 Å². The van der Waals surface area contributed by atoms with Gasteiger partial charge in [-0.25, -0.2) is 0 Å². The quantitative estimate of drug-likeness (QED) is 0.0238. The molecule has 0 aromatic rings. The van der Waals surface area contributed by atoms with Crippen molar-refractivity contribution in [3.05, 3.63) is 0 Å². The summed E-state index contributed by atoms with van der Waals surface area (Å²) in [5, 5.41) is 0. The Morgan fingerprint density at radius 2 is 0.293 bits per heavy atom. The molecule has 0 heterocycles. The minimum Gasteiger partial charge on any atom is -0.466 e. The minimum atomic E-state index is -1.07. The molecule has 0 saturated heterocycles.